The third-order valence-electron chi connectivity index (χ3n) is 2.56. The van der Waals surface area contributed by atoms with E-state index in [9.17, 15) is 4.79 Å². The van der Waals surface area contributed by atoms with Gasteiger partial charge < -0.3 is 10.5 Å². The molecule has 88 valence electrons. The molecule has 1 atom stereocenters. The standard InChI is InChI=1S/C13H19NO2/c1-8-5-9(2)13(16-4)11(6-8)12(14)7-10(3)15/h5-6,12H,7,14H2,1-4H3. The van der Waals surface area contributed by atoms with E-state index in [0.29, 0.717) is 6.42 Å². The third-order valence-corrected chi connectivity index (χ3v) is 2.56. The largest absolute Gasteiger partial charge is 0.496 e. The number of nitrogens with two attached hydrogens (primary N) is 1. The van der Waals surface area contributed by atoms with Gasteiger partial charge >= 0.3 is 0 Å². The summed E-state index contributed by atoms with van der Waals surface area (Å²) in [6.45, 7) is 5.54. The first-order valence-corrected chi connectivity index (χ1v) is 5.36. The number of hydrogen-bond donors (Lipinski definition) is 1. The highest BCUT2D eigenvalue weighted by Crippen LogP contribution is 2.30. The first-order valence-electron chi connectivity index (χ1n) is 5.36. The first-order chi connectivity index (χ1) is 7.45. The van der Waals surface area contributed by atoms with Gasteiger partial charge in [0.2, 0.25) is 0 Å². The van der Waals surface area contributed by atoms with Crippen LogP contribution in [0.1, 0.15) is 36.1 Å². The van der Waals surface area contributed by atoms with Crippen molar-refractivity contribution < 1.29 is 9.53 Å². The number of rotatable bonds is 4. The van der Waals surface area contributed by atoms with Gasteiger partial charge in [-0.1, -0.05) is 17.7 Å². The Morgan fingerprint density at radius 2 is 2.06 bits per heavy atom. The number of hydrogen-bond acceptors (Lipinski definition) is 3. The molecule has 0 amide bonds. The maximum Gasteiger partial charge on any atom is 0.131 e. The molecule has 0 aromatic heterocycles. The number of carbonyl (C=O) groups excluding carboxylic acids is 1. The topological polar surface area (TPSA) is 52.3 Å². The van der Waals surface area contributed by atoms with E-state index >= 15 is 0 Å². The second-order valence-corrected chi connectivity index (χ2v) is 4.22. The Bertz CT molecular complexity index is 399. The molecule has 0 saturated carbocycles. The molecule has 0 radical (unpaired) electrons. The number of ketones is 1. The fourth-order valence-electron chi connectivity index (χ4n) is 1.96. The summed E-state index contributed by atoms with van der Waals surface area (Å²) >= 11 is 0. The van der Waals surface area contributed by atoms with Gasteiger partial charge in [-0.15, -0.1) is 0 Å². The van der Waals surface area contributed by atoms with Crippen molar-refractivity contribution in [1.29, 1.82) is 0 Å². The van der Waals surface area contributed by atoms with E-state index in [2.05, 4.69) is 0 Å². The van der Waals surface area contributed by atoms with Gasteiger partial charge in [0.1, 0.15) is 11.5 Å². The number of aryl methyl sites for hydroxylation is 2. The van der Waals surface area contributed by atoms with Gasteiger partial charge in [-0.3, -0.25) is 4.79 Å². The second-order valence-electron chi connectivity index (χ2n) is 4.22. The van der Waals surface area contributed by atoms with Crippen LogP contribution in [-0.2, 0) is 4.79 Å². The molecular weight excluding hydrogens is 202 g/mol. The minimum atomic E-state index is -0.286. The number of ether oxygens (including phenoxy) is 1. The van der Waals surface area contributed by atoms with Gasteiger partial charge in [0.15, 0.2) is 0 Å². The summed E-state index contributed by atoms with van der Waals surface area (Å²) in [5.41, 5.74) is 9.11. The van der Waals surface area contributed by atoms with Crippen LogP contribution in [0.2, 0.25) is 0 Å². The normalized spacial score (nSPS) is 12.3. The molecule has 0 bridgehead atoms. The van der Waals surface area contributed by atoms with Crippen molar-refractivity contribution in [2.24, 2.45) is 5.73 Å². The predicted molar refractivity (Wildman–Crippen MR) is 64.7 cm³/mol. The van der Waals surface area contributed by atoms with E-state index < -0.39 is 0 Å². The average molecular weight is 221 g/mol. The molecule has 0 aliphatic heterocycles. The Kier molecular flexibility index (Phi) is 4.07. The SMILES string of the molecule is COc1c(C)cc(C)cc1C(N)CC(C)=O. The molecule has 1 aromatic rings. The van der Waals surface area contributed by atoms with E-state index in [4.69, 9.17) is 10.5 Å². The van der Waals surface area contributed by atoms with Gasteiger partial charge in [-0.05, 0) is 26.3 Å². The van der Waals surface area contributed by atoms with Crippen LogP contribution >= 0.6 is 0 Å². The average Bonchev–Trinajstić information content (AvgIpc) is 2.15. The molecule has 1 unspecified atom stereocenters. The van der Waals surface area contributed by atoms with E-state index in [1.54, 1.807) is 14.0 Å². The first kappa shape index (κ1) is 12.7. The lowest BCUT2D eigenvalue weighted by Crippen LogP contribution is -2.15. The van der Waals surface area contributed by atoms with Crippen LogP contribution < -0.4 is 10.5 Å². The van der Waals surface area contributed by atoms with E-state index in [1.807, 2.05) is 26.0 Å². The molecule has 1 aromatic carbocycles. The number of carbonyl (C=O) groups is 1. The van der Waals surface area contributed by atoms with Crippen LogP contribution in [0.4, 0.5) is 0 Å². The Hall–Kier alpha value is -1.35. The molecule has 0 saturated heterocycles. The minimum absolute atomic E-state index is 0.0914. The summed E-state index contributed by atoms with van der Waals surface area (Å²) in [6, 6.07) is 3.74. The molecule has 0 aliphatic rings. The highest BCUT2D eigenvalue weighted by atomic mass is 16.5. The summed E-state index contributed by atoms with van der Waals surface area (Å²) in [4.78, 5) is 11.1. The van der Waals surface area contributed by atoms with Crippen LogP contribution in [0.3, 0.4) is 0 Å². The summed E-state index contributed by atoms with van der Waals surface area (Å²) in [6.07, 6.45) is 0.346. The summed E-state index contributed by atoms with van der Waals surface area (Å²) in [5, 5.41) is 0. The smallest absolute Gasteiger partial charge is 0.131 e. The fourth-order valence-corrected chi connectivity index (χ4v) is 1.96. The Labute approximate surface area is 96.6 Å². The van der Waals surface area contributed by atoms with Gasteiger partial charge in [0.05, 0.1) is 7.11 Å². The number of Topliss-reactive ketones (excluding diaryl/α,β-unsaturated/α-hetero) is 1. The van der Waals surface area contributed by atoms with Crippen molar-refractivity contribution in [1.82, 2.24) is 0 Å². The Balaban J connectivity index is 3.15. The van der Waals surface area contributed by atoms with Crippen molar-refractivity contribution >= 4 is 5.78 Å². The van der Waals surface area contributed by atoms with Gasteiger partial charge in [0.25, 0.3) is 0 Å². The molecule has 0 aliphatic carbocycles. The van der Waals surface area contributed by atoms with E-state index in [-0.39, 0.29) is 11.8 Å². The third kappa shape index (κ3) is 2.83. The molecule has 0 heterocycles. The molecular formula is C13H19NO2. The van der Waals surface area contributed by atoms with Crippen molar-refractivity contribution in [3.8, 4) is 5.75 Å². The molecule has 0 spiro atoms. The zero-order chi connectivity index (χ0) is 12.3. The van der Waals surface area contributed by atoms with E-state index in [0.717, 1.165) is 22.4 Å². The predicted octanol–water partition coefficient (Wildman–Crippen LogP) is 2.29. The van der Waals surface area contributed by atoms with Crippen LogP contribution in [-0.4, -0.2) is 12.9 Å². The van der Waals surface area contributed by atoms with Gasteiger partial charge in [0, 0.05) is 18.0 Å². The van der Waals surface area contributed by atoms with Crippen molar-refractivity contribution in [2.75, 3.05) is 7.11 Å². The zero-order valence-corrected chi connectivity index (χ0v) is 10.3. The highest BCUT2D eigenvalue weighted by Gasteiger charge is 2.15. The van der Waals surface area contributed by atoms with Crippen molar-refractivity contribution in [2.45, 2.75) is 33.2 Å². The lowest BCUT2D eigenvalue weighted by molar-refractivity contribution is -0.117. The highest BCUT2D eigenvalue weighted by molar-refractivity contribution is 5.76. The number of benzene rings is 1. The van der Waals surface area contributed by atoms with Crippen LogP contribution in [0, 0.1) is 13.8 Å². The minimum Gasteiger partial charge on any atom is -0.496 e. The zero-order valence-electron chi connectivity index (χ0n) is 10.3. The summed E-state index contributed by atoms with van der Waals surface area (Å²) in [7, 11) is 1.63. The maximum atomic E-state index is 11.1. The Morgan fingerprint density at radius 1 is 1.44 bits per heavy atom. The molecule has 3 nitrogen and oxygen atoms in total. The van der Waals surface area contributed by atoms with Crippen molar-refractivity contribution in [3.63, 3.8) is 0 Å². The molecule has 16 heavy (non-hydrogen) atoms. The lowest BCUT2D eigenvalue weighted by Gasteiger charge is -2.17. The van der Waals surface area contributed by atoms with Gasteiger partial charge in [-0.2, -0.15) is 0 Å². The maximum absolute atomic E-state index is 11.1. The monoisotopic (exact) mass is 221 g/mol. The van der Waals surface area contributed by atoms with Crippen LogP contribution in [0.25, 0.3) is 0 Å². The molecule has 2 N–H and O–H groups in total. The Morgan fingerprint density at radius 3 is 2.56 bits per heavy atom. The molecule has 3 heteroatoms. The van der Waals surface area contributed by atoms with E-state index in [1.165, 1.54) is 0 Å². The second kappa shape index (κ2) is 5.12. The lowest BCUT2D eigenvalue weighted by atomic mass is 9.97. The van der Waals surface area contributed by atoms with Crippen LogP contribution in [0.15, 0.2) is 12.1 Å². The van der Waals surface area contributed by atoms with Gasteiger partial charge in [-0.25, -0.2) is 0 Å². The quantitative estimate of drug-likeness (QED) is 0.848. The summed E-state index contributed by atoms with van der Waals surface area (Å²) < 4.78 is 5.34. The van der Waals surface area contributed by atoms with Crippen molar-refractivity contribution in [3.05, 3.63) is 28.8 Å². The number of methoxy groups -OCH3 is 1. The van der Waals surface area contributed by atoms with Crippen LogP contribution in [0.5, 0.6) is 5.75 Å². The summed E-state index contributed by atoms with van der Waals surface area (Å²) in [5.74, 6) is 0.882. The molecule has 1 rings (SSSR count). The fraction of sp³-hybridized carbons (Fsp3) is 0.462. The molecule has 0 fully saturated rings.